The topological polar surface area (TPSA) is 20.3 Å². The first-order chi connectivity index (χ1) is 10.2. The van der Waals surface area contributed by atoms with Crippen molar-refractivity contribution >= 4 is 29.8 Å². The molecule has 4 heteroatoms. The summed E-state index contributed by atoms with van der Waals surface area (Å²) in [4.78, 5) is 14.5. The van der Waals surface area contributed by atoms with E-state index in [-0.39, 0.29) is 18.2 Å². The molecule has 0 amide bonds. The Morgan fingerprint density at radius 1 is 1.05 bits per heavy atom. The average Bonchev–Trinajstić information content (AvgIpc) is 2.53. The van der Waals surface area contributed by atoms with Gasteiger partial charge in [0, 0.05) is 36.6 Å². The summed E-state index contributed by atoms with van der Waals surface area (Å²) < 4.78 is 0. The summed E-state index contributed by atoms with van der Waals surface area (Å²) in [6.07, 6.45) is 1.63. The molecule has 0 aliphatic carbocycles. The van der Waals surface area contributed by atoms with Crippen molar-refractivity contribution in [3.8, 4) is 0 Å². The minimum Gasteiger partial charge on any atom is -0.298 e. The molecule has 0 radical (unpaired) electrons. The Hall–Kier alpha value is -1.35. The van der Waals surface area contributed by atoms with E-state index < -0.39 is 0 Å². The van der Waals surface area contributed by atoms with Gasteiger partial charge in [0.2, 0.25) is 0 Å². The molecule has 0 atom stereocenters. The van der Waals surface area contributed by atoms with Crippen LogP contribution in [0.4, 0.5) is 0 Å². The molecule has 1 heterocycles. The van der Waals surface area contributed by atoms with E-state index in [0.29, 0.717) is 11.4 Å². The van der Waals surface area contributed by atoms with E-state index in [0.717, 1.165) is 31.6 Å². The van der Waals surface area contributed by atoms with Gasteiger partial charge in [-0.1, -0.05) is 35.9 Å². The van der Waals surface area contributed by atoms with Gasteiger partial charge in [-0.2, -0.15) is 0 Å². The lowest BCUT2D eigenvalue weighted by Gasteiger charge is -2.28. The van der Waals surface area contributed by atoms with Gasteiger partial charge in [0.1, 0.15) is 0 Å². The first-order valence-electron chi connectivity index (χ1n) is 7.30. The van der Waals surface area contributed by atoms with Gasteiger partial charge in [0.05, 0.1) is 0 Å². The van der Waals surface area contributed by atoms with Crippen molar-refractivity contribution < 1.29 is 4.79 Å². The zero-order valence-corrected chi connectivity index (χ0v) is 13.9. The third kappa shape index (κ3) is 4.10. The summed E-state index contributed by atoms with van der Waals surface area (Å²) in [5, 5.41) is 0.666. The second-order valence-corrected chi connectivity index (χ2v) is 5.91. The van der Waals surface area contributed by atoms with Crippen molar-refractivity contribution in [3.63, 3.8) is 0 Å². The highest BCUT2D eigenvalue weighted by Crippen LogP contribution is 2.19. The monoisotopic (exact) mass is 335 g/mol. The lowest BCUT2D eigenvalue weighted by Crippen LogP contribution is -2.32. The van der Waals surface area contributed by atoms with Crippen LogP contribution in [-0.4, -0.2) is 23.8 Å². The Bertz CT molecular complexity index is 640. The van der Waals surface area contributed by atoms with Crippen LogP contribution >= 0.6 is 24.0 Å². The smallest absolute Gasteiger partial charge is 0.164 e. The minimum absolute atomic E-state index is 0. The number of carbonyl (C=O) groups excluding carboxylic acids is 1. The highest BCUT2D eigenvalue weighted by atomic mass is 35.5. The van der Waals surface area contributed by atoms with E-state index in [9.17, 15) is 4.79 Å². The van der Waals surface area contributed by atoms with E-state index in [1.807, 2.05) is 0 Å². The maximum Gasteiger partial charge on any atom is 0.164 e. The number of carbonyl (C=O) groups is 1. The molecule has 0 bridgehead atoms. The number of Topliss-reactive ketones (excluding diaryl/α,β-unsaturated/α-hetero) is 1. The summed E-state index contributed by atoms with van der Waals surface area (Å²) >= 11 is 5.84. The van der Waals surface area contributed by atoms with Crippen LogP contribution in [0.2, 0.25) is 5.02 Å². The Balaban J connectivity index is 0.00000176. The predicted molar refractivity (Wildman–Crippen MR) is 93.1 cm³/mol. The maximum absolute atomic E-state index is 12.2. The van der Waals surface area contributed by atoms with Gasteiger partial charge in [-0.25, -0.2) is 0 Å². The molecule has 0 N–H and O–H groups in total. The van der Waals surface area contributed by atoms with E-state index in [1.54, 1.807) is 24.3 Å². The highest BCUT2D eigenvalue weighted by Gasteiger charge is 2.16. The van der Waals surface area contributed by atoms with Crippen LogP contribution < -0.4 is 0 Å². The van der Waals surface area contributed by atoms with Gasteiger partial charge < -0.3 is 0 Å². The van der Waals surface area contributed by atoms with Crippen LogP contribution in [0.15, 0.2) is 48.5 Å². The number of rotatable bonds is 4. The minimum atomic E-state index is 0. The third-order valence-electron chi connectivity index (χ3n) is 4.03. The molecule has 0 saturated carbocycles. The quantitative estimate of drug-likeness (QED) is 0.772. The number of ketones is 1. The lowest BCUT2D eigenvalue weighted by molar-refractivity contribution is 0.0960. The fourth-order valence-electron chi connectivity index (χ4n) is 2.78. The molecule has 2 aromatic carbocycles. The Labute approximate surface area is 142 Å². The van der Waals surface area contributed by atoms with Crippen LogP contribution in [0.25, 0.3) is 0 Å². The number of nitrogens with zero attached hydrogens (tertiary/aromatic N) is 1. The molecule has 116 valence electrons. The van der Waals surface area contributed by atoms with E-state index in [1.165, 1.54) is 11.1 Å². The van der Waals surface area contributed by atoms with Crippen LogP contribution in [-0.2, 0) is 13.0 Å². The van der Waals surface area contributed by atoms with E-state index in [4.69, 9.17) is 11.6 Å². The second-order valence-electron chi connectivity index (χ2n) is 5.47. The molecule has 3 rings (SSSR count). The second kappa shape index (κ2) is 7.77. The van der Waals surface area contributed by atoms with Crippen molar-refractivity contribution in [1.29, 1.82) is 0 Å². The average molecular weight is 336 g/mol. The molecule has 0 saturated heterocycles. The Kier molecular flexibility index (Phi) is 6.01. The normalized spacial score (nSPS) is 14.0. The van der Waals surface area contributed by atoms with Crippen LogP contribution in [0.3, 0.4) is 0 Å². The maximum atomic E-state index is 12.2. The third-order valence-corrected chi connectivity index (χ3v) is 4.28. The summed E-state index contributed by atoms with van der Waals surface area (Å²) in [5.41, 5.74) is 3.58. The fraction of sp³-hybridized carbons (Fsp3) is 0.278. The van der Waals surface area contributed by atoms with Crippen LogP contribution in [0, 0.1) is 0 Å². The number of hydrogen-bond acceptors (Lipinski definition) is 2. The van der Waals surface area contributed by atoms with Crippen molar-refractivity contribution in [1.82, 2.24) is 4.90 Å². The van der Waals surface area contributed by atoms with Gasteiger partial charge in [0.15, 0.2) is 5.78 Å². The summed E-state index contributed by atoms with van der Waals surface area (Å²) in [7, 11) is 0. The number of halogens is 2. The molecule has 0 unspecified atom stereocenters. The van der Waals surface area contributed by atoms with Gasteiger partial charge >= 0.3 is 0 Å². The lowest BCUT2D eigenvalue weighted by atomic mass is 9.99. The van der Waals surface area contributed by atoms with Crippen molar-refractivity contribution in [2.24, 2.45) is 0 Å². The molecule has 1 aliphatic rings. The molecule has 2 aromatic rings. The fourth-order valence-corrected chi connectivity index (χ4v) is 2.91. The van der Waals surface area contributed by atoms with Gasteiger partial charge in [-0.15, -0.1) is 12.4 Å². The van der Waals surface area contributed by atoms with Crippen LogP contribution in [0.1, 0.15) is 27.9 Å². The Morgan fingerprint density at radius 3 is 2.45 bits per heavy atom. The van der Waals surface area contributed by atoms with Crippen molar-refractivity contribution in [2.45, 2.75) is 19.4 Å². The highest BCUT2D eigenvalue weighted by molar-refractivity contribution is 6.30. The standard InChI is InChI=1S/C18H18ClNO.ClH/c19-17-7-5-15(6-8-17)18(21)10-12-20-11-9-14-3-1-2-4-16(14)13-20;/h1-8H,9-13H2;1H. The van der Waals surface area contributed by atoms with Gasteiger partial charge in [-0.3, -0.25) is 9.69 Å². The SMILES string of the molecule is Cl.O=C(CCN1CCc2ccccc2C1)c1ccc(Cl)cc1. The first kappa shape index (κ1) is 17.0. The number of hydrogen-bond donors (Lipinski definition) is 0. The zero-order valence-electron chi connectivity index (χ0n) is 12.3. The molecule has 2 nitrogen and oxygen atoms in total. The molecule has 0 aromatic heterocycles. The largest absolute Gasteiger partial charge is 0.298 e. The molecular formula is C18H19Cl2NO. The van der Waals surface area contributed by atoms with E-state index >= 15 is 0 Å². The summed E-state index contributed by atoms with van der Waals surface area (Å²) in [6, 6.07) is 15.7. The molecule has 0 fully saturated rings. The summed E-state index contributed by atoms with van der Waals surface area (Å²) in [5.74, 6) is 0.186. The summed E-state index contributed by atoms with van der Waals surface area (Å²) in [6.45, 7) is 2.80. The Morgan fingerprint density at radius 2 is 1.73 bits per heavy atom. The van der Waals surface area contributed by atoms with Gasteiger partial charge in [0.25, 0.3) is 0 Å². The predicted octanol–water partition coefficient (Wildman–Crippen LogP) is 4.39. The van der Waals surface area contributed by atoms with Crippen molar-refractivity contribution in [3.05, 3.63) is 70.2 Å². The number of fused-ring (bicyclic) bond motifs is 1. The molecule has 0 spiro atoms. The number of benzene rings is 2. The first-order valence-corrected chi connectivity index (χ1v) is 7.68. The molecule has 1 aliphatic heterocycles. The zero-order chi connectivity index (χ0) is 14.7. The molecular weight excluding hydrogens is 317 g/mol. The van der Waals surface area contributed by atoms with Crippen molar-refractivity contribution in [2.75, 3.05) is 13.1 Å². The molecule has 22 heavy (non-hydrogen) atoms. The van der Waals surface area contributed by atoms with E-state index in [2.05, 4.69) is 29.2 Å². The van der Waals surface area contributed by atoms with Crippen LogP contribution in [0.5, 0.6) is 0 Å². The van der Waals surface area contributed by atoms with Gasteiger partial charge in [-0.05, 0) is 41.8 Å².